The molecule has 0 aromatic carbocycles. The highest BCUT2D eigenvalue weighted by molar-refractivity contribution is 6.36. The molecule has 1 rings (SSSR count). The summed E-state index contributed by atoms with van der Waals surface area (Å²) >= 11 is 0. The molecule has 1 N–H and O–H groups in total. The first kappa shape index (κ1) is 7.25. The zero-order valence-corrected chi connectivity index (χ0v) is 5.85. The van der Waals surface area contributed by atoms with Gasteiger partial charge in [-0.15, -0.1) is 0 Å². The third kappa shape index (κ3) is 1.83. The second kappa shape index (κ2) is 3.34. The second-order valence-corrected chi connectivity index (χ2v) is 2.49. The third-order valence-corrected chi connectivity index (χ3v) is 1.62. The maximum Gasteiger partial charge on any atom is 0.287 e. The minimum absolute atomic E-state index is 0.264. The quantitative estimate of drug-likeness (QED) is 0.491. The lowest BCUT2D eigenvalue weighted by Gasteiger charge is -2.07. The molecule has 0 unspecified atom stereocenters. The number of carbonyl (C=O) groups is 2. The minimum Gasteiger partial charge on any atom is -0.350 e. The van der Waals surface area contributed by atoms with Gasteiger partial charge in [-0.2, -0.15) is 0 Å². The Kier molecular flexibility index (Phi) is 2.42. The fourth-order valence-corrected chi connectivity index (χ4v) is 1.00. The summed E-state index contributed by atoms with van der Waals surface area (Å²) in [6.45, 7) is 0.657. The molecule has 10 heavy (non-hydrogen) atoms. The predicted molar refractivity (Wildman–Crippen MR) is 36.5 cm³/mol. The van der Waals surface area contributed by atoms with Crippen LogP contribution < -0.4 is 5.32 Å². The zero-order chi connectivity index (χ0) is 7.40. The Bertz CT molecular complexity index is 136. The fraction of sp³-hybridized carbons (Fsp3) is 0.714. The maximum absolute atomic E-state index is 10.8. The topological polar surface area (TPSA) is 46.2 Å². The van der Waals surface area contributed by atoms with E-state index >= 15 is 0 Å². The molecule has 1 aliphatic heterocycles. The number of hydrogen-bond donors (Lipinski definition) is 1. The van der Waals surface area contributed by atoms with Gasteiger partial charge in [-0.25, -0.2) is 0 Å². The fourth-order valence-electron chi connectivity index (χ4n) is 1.00. The van der Waals surface area contributed by atoms with Crippen LogP contribution in [0.5, 0.6) is 0 Å². The van der Waals surface area contributed by atoms with Gasteiger partial charge in [0.1, 0.15) is 0 Å². The molecule has 0 spiro atoms. The first-order valence-electron chi connectivity index (χ1n) is 3.62. The van der Waals surface area contributed by atoms with Crippen molar-refractivity contribution in [3.63, 3.8) is 0 Å². The van der Waals surface area contributed by atoms with Crippen LogP contribution in [0.4, 0.5) is 0 Å². The molecular weight excluding hydrogens is 130 g/mol. The van der Waals surface area contributed by atoms with Gasteiger partial charge >= 0.3 is 0 Å². The second-order valence-electron chi connectivity index (χ2n) is 2.49. The van der Waals surface area contributed by atoms with Gasteiger partial charge in [0, 0.05) is 13.0 Å². The van der Waals surface area contributed by atoms with Gasteiger partial charge in [0.2, 0.25) is 5.78 Å². The van der Waals surface area contributed by atoms with Crippen LogP contribution in [0, 0.1) is 0 Å². The van der Waals surface area contributed by atoms with Crippen molar-refractivity contribution in [2.45, 2.75) is 25.7 Å². The highest BCUT2D eigenvalue weighted by Gasteiger charge is 2.13. The van der Waals surface area contributed by atoms with Crippen LogP contribution in [0.2, 0.25) is 0 Å². The van der Waals surface area contributed by atoms with E-state index in [0.717, 1.165) is 19.3 Å². The molecule has 0 aromatic heterocycles. The summed E-state index contributed by atoms with van der Waals surface area (Å²) in [5, 5.41) is 2.55. The summed E-state index contributed by atoms with van der Waals surface area (Å²) in [7, 11) is 0. The normalized spacial score (nSPS) is 21.2. The van der Waals surface area contributed by atoms with E-state index in [9.17, 15) is 9.59 Å². The summed E-state index contributed by atoms with van der Waals surface area (Å²) in [5.41, 5.74) is 0. The molecule has 1 fully saturated rings. The van der Waals surface area contributed by atoms with Gasteiger partial charge in [-0.05, 0) is 12.8 Å². The zero-order valence-electron chi connectivity index (χ0n) is 5.85. The lowest BCUT2D eigenvalue weighted by molar-refractivity contribution is -0.138. The SMILES string of the molecule is O=C1CCCCCNC1=O. The number of ketones is 1. The summed E-state index contributed by atoms with van der Waals surface area (Å²) in [5.74, 6) is -0.667. The number of carbonyl (C=O) groups excluding carboxylic acids is 2. The van der Waals surface area contributed by atoms with Crippen LogP contribution >= 0.6 is 0 Å². The van der Waals surface area contributed by atoms with Crippen LogP contribution in [0.25, 0.3) is 0 Å². The molecule has 0 bridgehead atoms. The molecule has 0 aromatic rings. The van der Waals surface area contributed by atoms with Crippen LogP contribution in [-0.2, 0) is 9.59 Å². The van der Waals surface area contributed by atoms with Crippen molar-refractivity contribution in [1.29, 1.82) is 0 Å². The molecule has 1 amide bonds. The summed E-state index contributed by atoms with van der Waals surface area (Å²) in [6, 6.07) is 0. The number of rotatable bonds is 0. The van der Waals surface area contributed by atoms with Crippen molar-refractivity contribution in [1.82, 2.24) is 5.32 Å². The largest absolute Gasteiger partial charge is 0.350 e. The maximum atomic E-state index is 10.8. The van der Waals surface area contributed by atoms with Crippen LogP contribution in [0.1, 0.15) is 25.7 Å². The lowest BCUT2D eigenvalue weighted by Crippen LogP contribution is -2.32. The Morgan fingerprint density at radius 2 is 1.90 bits per heavy atom. The molecule has 0 atom stereocenters. The smallest absolute Gasteiger partial charge is 0.287 e. The van der Waals surface area contributed by atoms with E-state index in [1.807, 2.05) is 0 Å². The average molecular weight is 141 g/mol. The van der Waals surface area contributed by atoms with E-state index in [0.29, 0.717) is 13.0 Å². The number of amides is 1. The molecule has 1 heterocycles. The van der Waals surface area contributed by atoms with Gasteiger partial charge in [0.05, 0.1) is 0 Å². The van der Waals surface area contributed by atoms with E-state index < -0.39 is 5.91 Å². The van der Waals surface area contributed by atoms with E-state index in [-0.39, 0.29) is 5.78 Å². The average Bonchev–Trinajstić information content (AvgIpc) is 1.92. The van der Waals surface area contributed by atoms with Gasteiger partial charge in [0.15, 0.2) is 0 Å². The van der Waals surface area contributed by atoms with Crippen LogP contribution in [0.3, 0.4) is 0 Å². The lowest BCUT2D eigenvalue weighted by atomic mass is 10.1. The molecule has 1 saturated heterocycles. The minimum atomic E-state index is -0.403. The van der Waals surface area contributed by atoms with E-state index in [2.05, 4.69) is 5.32 Å². The van der Waals surface area contributed by atoms with Crippen molar-refractivity contribution < 1.29 is 9.59 Å². The summed E-state index contributed by atoms with van der Waals surface area (Å²) in [6.07, 6.45) is 3.34. The molecule has 0 saturated carbocycles. The van der Waals surface area contributed by atoms with E-state index in [1.54, 1.807) is 0 Å². The summed E-state index contributed by atoms with van der Waals surface area (Å²) < 4.78 is 0. The highest BCUT2D eigenvalue weighted by Crippen LogP contribution is 2.02. The molecule has 0 aliphatic carbocycles. The molecule has 3 nitrogen and oxygen atoms in total. The Hall–Kier alpha value is -0.860. The van der Waals surface area contributed by atoms with Gasteiger partial charge in [-0.3, -0.25) is 9.59 Å². The Labute approximate surface area is 59.8 Å². The van der Waals surface area contributed by atoms with E-state index in [1.165, 1.54) is 0 Å². The third-order valence-electron chi connectivity index (χ3n) is 1.62. The van der Waals surface area contributed by atoms with Crippen molar-refractivity contribution in [3.05, 3.63) is 0 Å². The number of nitrogens with one attached hydrogen (secondary N) is 1. The Morgan fingerprint density at radius 3 is 2.70 bits per heavy atom. The first-order valence-corrected chi connectivity index (χ1v) is 3.62. The first-order chi connectivity index (χ1) is 4.80. The van der Waals surface area contributed by atoms with E-state index in [4.69, 9.17) is 0 Å². The molecule has 0 radical (unpaired) electrons. The highest BCUT2D eigenvalue weighted by atomic mass is 16.2. The Morgan fingerprint density at radius 1 is 1.10 bits per heavy atom. The van der Waals surface area contributed by atoms with Gasteiger partial charge in [-0.1, -0.05) is 6.42 Å². The number of hydrogen-bond acceptors (Lipinski definition) is 2. The van der Waals surface area contributed by atoms with Crippen molar-refractivity contribution in [2.24, 2.45) is 0 Å². The van der Waals surface area contributed by atoms with Crippen LogP contribution in [0.15, 0.2) is 0 Å². The Balaban J connectivity index is 2.43. The molecule has 1 aliphatic rings. The number of Topliss-reactive ketones (excluding diaryl/α,β-unsaturated/α-hetero) is 1. The van der Waals surface area contributed by atoms with Crippen molar-refractivity contribution in [3.8, 4) is 0 Å². The van der Waals surface area contributed by atoms with Crippen LogP contribution in [-0.4, -0.2) is 18.2 Å². The monoisotopic (exact) mass is 141 g/mol. The predicted octanol–water partition coefficient (Wildman–Crippen LogP) is 0.246. The van der Waals surface area contributed by atoms with Crippen molar-refractivity contribution >= 4 is 11.7 Å². The molecular formula is C7H11NO2. The standard InChI is InChI=1S/C7H11NO2/c9-6-4-2-1-3-5-8-7(6)10/h1-5H2,(H,8,10). The molecule has 3 heteroatoms. The van der Waals surface area contributed by atoms with Gasteiger partial charge < -0.3 is 5.32 Å². The van der Waals surface area contributed by atoms with Crippen molar-refractivity contribution in [2.75, 3.05) is 6.54 Å². The van der Waals surface area contributed by atoms with Gasteiger partial charge in [0.25, 0.3) is 5.91 Å². The molecule has 56 valence electrons. The summed E-state index contributed by atoms with van der Waals surface area (Å²) in [4.78, 5) is 21.5.